The second kappa shape index (κ2) is 5.56. The molecule has 112 valence electrons. The van der Waals surface area contributed by atoms with Crippen LogP contribution in [-0.4, -0.2) is 25.5 Å². The minimum Gasteiger partial charge on any atom is -0.493 e. The number of H-pyrrole nitrogens is 1. The molecule has 4 heteroatoms. The largest absolute Gasteiger partial charge is 0.493 e. The molecule has 0 bridgehead atoms. The van der Waals surface area contributed by atoms with E-state index in [1.165, 1.54) is 0 Å². The number of aryl methyl sites for hydroxylation is 1. The molecule has 0 fully saturated rings. The van der Waals surface area contributed by atoms with Crippen LogP contribution in [0.2, 0.25) is 0 Å². The molecule has 0 aliphatic heterocycles. The number of benzene rings is 2. The van der Waals surface area contributed by atoms with Crippen molar-refractivity contribution < 1.29 is 14.3 Å². The van der Waals surface area contributed by atoms with Gasteiger partial charge >= 0.3 is 0 Å². The van der Waals surface area contributed by atoms with Crippen LogP contribution in [0.3, 0.4) is 0 Å². The van der Waals surface area contributed by atoms with E-state index in [-0.39, 0.29) is 0 Å². The fraction of sp³-hybridized carbons (Fsp3) is 0.167. The Balaban J connectivity index is 2.39. The van der Waals surface area contributed by atoms with Crippen molar-refractivity contribution in [3.8, 4) is 22.6 Å². The van der Waals surface area contributed by atoms with Crippen molar-refractivity contribution in [3.63, 3.8) is 0 Å². The van der Waals surface area contributed by atoms with Gasteiger partial charge in [0.1, 0.15) is 6.29 Å². The molecule has 1 N–H and O–H groups in total. The highest BCUT2D eigenvalue weighted by Crippen LogP contribution is 2.43. The predicted octanol–water partition coefficient (Wildman–Crippen LogP) is 3.97. The van der Waals surface area contributed by atoms with Crippen molar-refractivity contribution in [3.05, 3.63) is 47.7 Å². The maximum atomic E-state index is 11.2. The van der Waals surface area contributed by atoms with Crippen molar-refractivity contribution in [2.24, 2.45) is 0 Å². The van der Waals surface area contributed by atoms with Gasteiger partial charge in [-0.15, -0.1) is 0 Å². The van der Waals surface area contributed by atoms with Crippen LogP contribution in [0.15, 0.2) is 36.4 Å². The number of ether oxygens (including phenoxy) is 2. The monoisotopic (exact) mass is 295 g/mol. The molecule has 1 aromatic heterocycles. The van der Waals surface area contributed by atoms with Crippen molar-refractivity contribution in [1.29, 1.82) is 0 Å². The van der Waals surface area contributed by atoms with Crippen LogP contribution < -0.4 is 9.47 Å². The van der Waals surface area contributed by atoms with Gasteiger partial charge in [-0.2, -0.15) is 0 Å². The molecule has 0 spiro atoms. The summed E-state index contributed by atoms with van der Waals surface area (Å²) in [5.41, 5.74) is 4.49. The van der Waals surface area contributed by atoms with Gasteiger partial charge in [0.05, 0.1) is 14.2 Å². The summed E-state index contributed by atoms with van der Waals surface area (Å²) in [4.78, 5) is 14.6. The summed E-state index contributed by atoms with van der Waals surface area (Å²) < 4.78 is 10.9. The number of methoxy groups -OCH3 is 2. The molecule has 4 nitrogen and oxygen atoms in total. The number of aromatic amines is 1. The molecule has 0 saturated heterocycles. The van der Waals surface area contributed by atoms with Crippen LogP contribution in [0.1, 0.15) is 16.1 Å². The summed E-state index contributed by atoms with van der Waals surface area (Å²) >= 11 is 0. The smallest absolute Gasteiger partial charge is 0.168 e. The number of carbonyl (C=O) groups is 1. The Labute approximate surface area is 128 Å². The van der Waals surface area contributed by atoms with Crippen LogP contribution >= 0.6 is 0 Å². The fourth-order valence-corrected chi connectivity index (χ4v) is 2.86. The van der Waals surface area contributed by atoms with E-state index in [1.54, 1.807) is 20.3 Å². The molecule has 0 radical (unpaired) electrons. The number of hydrogen-bond acceptors (Lipinski definition) is 3. The van der Waals surface area contributed by atoms with Gasteiger partial charge in [-0.25, -0.2) is 0 Å². The maximum absolute atomic E-state index is 11.2. The maximum Gasteiger partial charge on any atom is 0.168 e. The van der Waals surface area contributed by atoms with Gasteiger partial charge in [0.15, 0.2) is 11.5 Å². The van der Waals surface area contributed by atoms with Crippen LogP contribution in [-0.2, 0) is 0 Å². The second-order valence-electron chi connectivity index (χ2n) is 5.09. The van der Waals surface area contributed by atoms with Gasteiger partial charge in [0.25, 0.3) is 0 Å². The Hall–Kier alpha value is -2.75. The number of rotatable bonds is 4. The minimum atomic E-state index is 0.548. The first-order valence-corrected chi connectivity index (χ1v) is 6.98. The van der Waals surface area contributed by atoms with Crippen molar-refractivity contribution >= 4 is 17.2 Å². The molecule has 0 saturated carbocycles. The third kappa shape index (κ3) is 2.13. The number of hydrogen-bond donors (Lipinski definition) is 1. The van der Waals surface area contributed by atoms with E-state index >= 15 is 0 Å². The van der Waals surface area contributed by atoms with Crippen LogP contribution in [0.5, 0.6) is 11.5 Å². The molecule has 3 rings (SSSR count). The van der Waals surface area contributed by atoms with E-state index in [0.29, 0.717) is 17.1 Å². The average molecular weight is 295 g/mol. The summed E-state index contributed by atoms with van der Waals surface area (Å²) in [6.45, 7) is 2.01. The lowest BCUT2D eigenvalue weighted by Gasteiger charge is -2.14. The molecule has 3 aromatic rings. The highest BCUT2D eigenvalue weighted by Gasteiger charge is 2.19. The van der Waals surface area contributed by atoms with Crippen LogP contribution in [0, 0.1) is 6.92 Å². The molecule has 0 unspecified atom stereocenters. The molecule has 1 heterocycles. The quantitative estimate of drug-likeness (QED) is 0.741. The van der Waals surface area contributed by atoms with Gasteiger partial charge in [0, 0.05) is 33.3 Å². The summed E-state index contributed by atoms with van der Waals surface area (Å²) in [6.07, 6.45) is 0.815. The van der Waals surface area contributed by atoms with Gasteiger partial charge in [-0.1, -0.05) is 18.2 Å². The summed E-state index contributed by atoms with van der Waals surface area (Å²) in [6, 6.07) is 11.6. The topological polar surface area (TPSA) is 51.3 Å². The molecular formula is C18H17NO3. The number of carbonyl (C=O) groups excluding carboxylic acids is 1. The lowest BCUT2D eigenvalue weighted by molar-refractivity contribution is 0.112. The Kier molecular flexibility index (Phi) is 3.59. The highest BCUT2D eigenvalue weighted by atomic mass is 16.5. The normalized spacial score (nSPS) is 10.7. The first-order valence-electron chi connectivity index (χ1n) is 6.98. The fourth-order valence-electron chi connectivity index (χ4n) is 2.86. The molecule has 0 amide bonds. The standard InChI is InChI=1S/C18H17NO3/c1-11-17(13-6-4-5-7-15(13)19-11)14-8-12(10-20)9-16(21-2)18(14)22-3/h4-10,19H,1-3H3. The first kappa shape index (κ1) is 14.2. The average Bonchev–Trinajstić information content (AvgIpc) is 2.89. The number of para-hydroxylation sites is 1. The number of aromatic nitrogens is 1. The number of nitrogens with one attached hydrogen (secondary N) is 1. The molecule has 0 aliphatic rings. The first-order chi connectivity index (χ1) is 10.7. The Morgan fingerprint density at radius 3 is 2.55 bits per heavy atom. The molecule has 0 aliphatic carbocycles. The van der Waals surface area contributed by atoms with Gasteiger partial charge < -0.3 is 14.5 Å². The van der Waals surface area contributed by atoms with E-state index in [2.05, 4.69) is 4.98 Å². The number of aldehydes is 1. The zero-order chi connectivity index (χ0) is 15.7. The van der Waals surface area contributed by atoms with Crippen molar-refractivity contribution in [2.75, 3.05) is 14.2 Å². The van der Waals surface area contributed by atoms with Gasteiger partial charge in [-0.3, -0.25) is 4.79 Å². The molecule has 22 heavy (non-hydrogen) atoms. The minimum absolute atomic E-state index is 0.548. The van der Waals surface area contributed by atoms with Gasteiger partial charge in [-0.05, 0) is 25.1 Å². The van der Waals surface area contributed by atoms with E-state index < -0.39 is 0 Å². The zero-order valence-corrected chi connectivity index (χ0v) is 12.8. The van der Waals surface area contributed by atoms with E-state index in [9.17, 15) is 4.79 Å². The Bertz CT molecular complexity index is 849. The van der Waals surface area contributed by atoms with Crippen molar-refractivity contribution in [2.45, 2.75) is 6.92 Å². The third-order valence-corrected chi connectivity index (χ3v) is 3.80. The summed E-state index contributed by atoms with van der Waals surface area (Å²) in [5, 5.41) is 1.09. The summed E-state index contributed by atoms with van der Waals surface area (Å²) in [7, 11) is 3.17. The lowest BCUT2D eigenvalue weighted by Crippen LogP contribution is -1.96. The Morgan fingerprint density at radius 1 is 1.09 bits per heavy atom. The highest BCUT2D eigenvalue weighted by molar-refractivity contribution is 6.00. The molecule has 0 atom stereocenters. The molecule has 2 aromatic carbocycles. The van der Waals surface area contributed by atoms with Gasteiger partial charge in [0.2, 0.25) is 0 Å². The molecular weight excluding hydrogens is 278 g/mol. The predicted molar refractivity (Wildman–Crippen MR) is 87.0 cm³/mol. The third-order valence-electron chi connectivity index (χ3n) is 3.80. The zero-order valence-electron chi connectivity index (χ0n) is 12.8. The second-order valence-corrected chi connectivity index (χ2v) is 5.09. The van der Waals surface area contributed by atoms with E-state index in [0.717, 1.165) is 34.0 Å². The number of fused-ring (bicyclic) bond motifs is 1. The van der Waals surface area contributed by atoms with E-state index in [1.807, 2.05) is 37.3 Å². The van der Waals surface area contributed by atoms with Crippen LogP contribution in [0.25, 0.3) is 22.0 Å². The SMILES string of the molecule is COc1cc(C=O)cc(-c2c(C)[nH]c3ccccc23)c1OC. The van der Waals surface area contributed by atoms with Crippen molar-refractivity contribution in [1.82, 2.24) is 4.98 Å². The lowest BCUT2D eigenvalue weighted by atomic mass is 9.98. The summed E-state index contributed by atoms with van der Waals surface area (Å²) in [5.74, 6) is 1.17. The van der Waals surface area contributed by atoms with Crippen LogP contribution in [0.4, 0.5) is 0 Å². The Morgan fingerprint density at radius 2 is 1.86 bits per heavy atom. The van der Waals surface area contributed by atoms with E-state index in [4.69, 9.17) is 9.47 Å².